The monoisotopic (exact) mass is 366 g/mol. The smallest absolute Gasteiger partial charge is 0.255 e. The van der Waals surface area contributed by atoms with Crippen molar-refractivity contribution in [1.29, 1.82) is 0 Å². The third-order valence-electron chi connectivity index (χ3n) is 4.26. The van der Waals surface area contributed by atoms with Crippen LogP contribution in [0.1, 0.15) is 16.1 Å². The molecule has 3 aromatic heterocycles. The van der Waals surface area contributed by atoms with E-state index in [0.29, 0.717) is 24.5 Å². The van der Waals surface area contributed by atoms with Crippen LogP contribution in [0.2, 0.25) is 0 Å². The lowest BCUT2D eigenvalue weighted by Gasteiger charge is -2.34. The van der Waals surface area contributed by atoms with Gasteiger partial charge in [-0.2, -0.15) is 0 Å². The lowest BCUT2D eigenvalue weighted by molar-refractivity contribution is 0.0627. The van der Waals surface area contributed by atoms with Crippen LogP contribution >= 0.6 is 11.3 Å². The molecule has 7 nitrogen and oxygen atoms in total. The van der Waals surface area contributed by atoms with Gasteiger partial charge in [-0.15, -0.1) is 11.3 Å². The van der Waals surface area contributed by atoms with Crippen LogP contribution in [0.25, 0.3) is 10.8 Å². The average molecular weight is 366 g/mol. The van der Waals surface area contributed by atoms with Crippen molar-refractivity contribution in [3.63, 3.8) is 0 Å². The minimum atomic E-state index is 0.0509. The molecule has 4 rings (SSSR count). The fourth-order valence-corrected chi connectivity index (χ4v) is 3.66. The third kappa shape index (κ3) is 3.76. The number of hydrogen-bond acceptors (Lipinski definition) is 7. The Labute approximate surface area is 155 Å². The van der Waals surface area contributed by atoms with Crippen molar-refractivity contribution in [2.45, 2.75) is 6.54 Å². The summed E-state index contributed by atoms with van der Waals surface area (Å²) in [6, 6.07) is 5.40. The molecule has 0 spiro atoms. The molecule has 0 aromatic carbocycles. The van der Waals surface area contributed by atoms with Crippen LogP contribution in [0.4, 0.5) is 0 Å². The molecular formula is C18H18N6OS. The van der Waals surface area contributed by atoms with E-state index in [1.54, 1.807) is 48.3 Å². The molecule has 0 saturated carbocycles. The summed E-state index contributed by atoms with van der Waals surface area (Å²) >= 11 is 1.56. The quantitative estimate of drug-likeness (QED) is 0.703. The zero-order valence-corrected chi connectivity index (χ0v) is 15.0. The molecule has 4 heterocycles. The molecule has 1 fully saturated rings. The van der Waals surface area contributed by atoms with Crippen molar-refractivity contribution in [2.75, 3.05) is 26.2 Å². The Bertz CT molecular complexity index is 862. The van der Waals surface area contributed by atoms with Gasteiger partial charge in [0.2, 0.25) is 0 Å². The number of piperazine rings is 1. The standard InChI is InChI=1S/C18H18N6OS/c25-18(14-3-1-4-19-11-14)24-9-7-23(8-10-24)12-15-13-26-17(22-15)16-20-5-2-6-21-16/h1-6,11,13H,7-10,12H2. The van der Waals surface area contributed by atoms with Gasteiger partial charge in [0.1, 0.15) is 0 Å². The number of hydrogen-bond donors (Lipinski definition) is 0. The zero-order valence-electron chi connectivity index (χ0n) is 14.2. The van der Waals surface area contributed by atoms with Gasteiger partial charge in [0.15, 0.2) is 10.8 Å². The summed E-state index contributed by atoms with van der Waals surface area (Å²) in [5.41, 5.74) is 1.66. The highest BCUT2D eigenvalue weighted by Gasteiger charge is 2.22. The minimum Gasteiger partial charge on any atom is -0.336 e. The first kappa shape index (κ1) is 16.7. The fourth-order valence-electron chi connectivity index (χ4n) is 2.90. The summed E-state index contributed by atoms with van der Waals surface area (Å²) in [5, 5.41) is 2.89. The summed E-state index contributed by atoms with van der Waals surface area (Å²) in [6.45, 7) is 3.87. The first-order valence-electron chi connectivity index (χ1n) is 8.43. The van der Waals surface area contributed by atoms with E-state index in [0.717, 1.165) is 30.3 Å². The van der Waals surface area contributed by atoms with Gasteiger partial charge in [0.25, 0.3) is 5.91 Å². The van der Waals surface area contributed by atoms with Gasteiger partial charge < -0.3 is 4.90 Å². The van der Waals surface area contributed by atoms with Crippen molar-refractivity contribution in [3.05, 3.63) is 59.6 Å². The highest BCUT2D eigenvalue weighted by Crippen LogP contribution is 2.21. The number of carbonyl (C=O) groups excluding carboxylic acids is 1. The van der Waals surface area contributed by atoms with E-state index in [1.807, 2.05) is 11.0 Å². The van der Waals surface area contributed by atoms with Gasteiger partial charge in [-0.3, -0.25) is 14.7 Å². The van der Waals surface area contributed by atoms with Crippen LogP contribution < -0.4 is 0 Å². The third-order valence-corrected chi connectivity index (χ3v) is 5.15. The molecule has 3 aromatic rings. The summed E-state index contributed by atoms with van der Waals surface area (Å²) in [7, 11) is 0. The van der Waals surface area contributed by atoms with E-state index in [1.165, 1.54) is 0 Å². The second-order valence-corrected chi connectivity index (χ2v) is 6.88. The molecular weight excluding hydrogens is 348 g/mol. The Hall–Kier alpha value is -2.71. The van der Waals surface area contributed by atoms with Crippen molar-refractivity contribution in [3.8, 4) is 10.8 Å². The lowest BCUT2D eigenvalue weighted by Crippen LogP contribution is -2.48. The molecule has 8 heteroatoms. The van der Waals surface area contributed by atoms with Gasteiger partial charge in [0, 0.05) is 62.9 Å². The van der Waals surface area contributed by atoms with Crippen molar-refractivity contribution in [2.24, 2.45) is 0 Å². The number of thiazole rings is 1. The molecule has 1 aliphatic rings. The molecule has 0 radical (unpaired) electrons. The SMILES string of the molecule is O=C(c1cccnc1)N1CCN(Cc2csc(-c3ncccn3)n2)CC1. The zero-order chi connectivity index (χ0) is 17.8. The number of carbonyl (C=O) groups is 1. The van der Waals surface area contributed by atoms with E-state index in [2.05, 4.69) is 30.2 Å². The predicted molar refractivity (Wildman–Crippen MR) is 98.6 cm³/mol. The molecule has 0 N–H and O–H groups in total. The summed E-state index contributed by atoms with van der Waals surface area (Å²) in [6.07, 6.45) is 6.75. The predicted octanol–water partition coefficient (Wildman–Crippen LogP) is 1.95. The number of aromatic nitrogens is 4. The Balaban J connectivity index is 1.33. The van der Waals surface area contributed by atoms with Gasteiger partial charge in [-0.1, -0.05) is 0 Å². The van der Waals surface area contributed by atoms with E-state index in [-0.39, 0.29) is 5.91 Å². The first-order chi connectivity index (χ1) is 12.8. The summed E-state index contributed by atoms with van der Waals surface area (Å²) in [5.74, 6) is 0.713. The van der Waals surface area contributed by atoms with Crippen LogP contribution in [0.5, 0.6) is 0 Å². The Morgan fingerprint density at radius 3 is 2.62 bits per heavy atom. The second kappa shape index (κ2) is 7.67. The highest BCUT2D eigenvalue weighted by atomic mass is 32.1. The summed E-state index contributed by atoms with van der Waals surface area (Å²) < 4.78 is 0. The molecule has 0 aliphatic carbocycles. The van der Waals surface area contributed by atoms with E-state index in [4.69, 9.17) is 0 Å². The van der Waals surface area contributed by atoms with Crippen LogP contribution in [-0.4, -0.2) is 61.8 Å². The van der Waals surface area contributed by atoms with Crippen molar-refractivity contribution < 1.29 is 4.79 Å². The van der Waals surface area contributed by atoms with Crippen molar-refractivity contribution in [1.82, 2.24) is 29.7 Å². The largest absolute Gasteiger partial charge is 0.336 e. The Morgan fingerprint density at radius 1 is 1.08 bits per heavy atom. The Kier molecular flexibility index (Phi) is 4.94. The van der Waals surface area contributed by atoms with Gasteiger partial charge in [0.05, 0.1) is 11.3 Å². The molecule has 0 atom stereocenters. The number of amides is 1. The fraction of sp³-hybridized carbons (Fsp3) is 0.278. The first-order valence-corrected chi connectivity index (χ1v) is 9.31. The topological polar surface area (TPSA) is 75.1 Å². The Morgan fingerprint density at radius 2 is 1.88 bits per heavy atom. The maximum atomic E-state index is 12.5. The normalized spacial score (nSPS) is 15.2. The lowest BCUT2D eigenvalue weighted by atomic mass is 10.2. The van der Waals surface area contributed by atoms with Crippen LogP contribution in [0.15, 0.2) is 48.4 Å². The second-order valence-electron chi connectivity index (χ2n) is 6.03. The van der Waals surface area contributed by atoms with E-state index < -0.39 is 0 Å². The van der Waals surface area contributed by atoms with Crippen LogP contribution in [-0.2, 0) is 6.54 Å². The molecule has 132 valence electrons. The maximum absolute atomic E-state index is 12.5. The molecule has 1 saturated heterocycles. The maximum Gasteiger partial charge on any atom is 0.255 e. The number of rotatable bonds is 4. The number of nitrogens with zero attached hydrogens (tertiary/aromatic N) is 6. The van der Waals surface area contributed by atoms with E-state index >= 15 is 0 Å². The average Bonchev–Trinajstić information content (AvgIpc) is 3.18. The number of pyridine rings is 1. The van der Waals surface area contributed by atoms with Crippen molar-refractivity contribution >= 4 is 17.2 Å². The van der Waals surface area contributed by atoms with Gasteiger partial charge >= 0.3 is 0 Å². The molecule has 1 amide bonds. The van der Waals surface area contributed by atoms with Gasteiger partial charge in [-0.05, 0) is 18.2 Å². The van der Waals surface area contributed by atoms with Crippen LogP contribution in [0, 0.1) is 0 Å². The molecule has 26 heavy (non-hydrogen) atoms. The molecule has 1 aliphatic heterocycles. The summed E-state index contributed by atoms with van der Waals surface area (Å²) in [4.78, 5) is 33.8. The van der Waals surface area contributed by atoms with Crippen LogP contribution in [0.3, 0.4) is 0 Å². The molecule has 0 unspecified atom stereocenters. The minimum absolute atomic E-state index is 0.0509. The highest BCUT2D eigenvalue weighted by molar-refractivity contribution is 7.13. The molecule has 0 bridgehead atoms. The van der Waals surface area contributed by atoms with E-state index in [9.17, 15) is 4.79 Å². The van der Waals surface area contributed by atoms with Gasteiger partial charge in [-0.25, -0.2) is 15.0 Å².